The summed E-state index contributed by atoms with van der Waals surface area (Å²) in [6, 6.07) is 1.34. The van der Waals surface area contributed by atoms with E-state index in [9.17, 15) is 29.5 Å². The number of aliphatic hydroxyl groups excluding tert-OH is 2. The molecule has 42 heavy (non-hydrogen) atoms. The van der Waals surface area contributed by atoms with E-state index in [2.05, 4.69) is 10.1 Å². The Morgan fingerprint density at radius 1 is 1.21 bits per heavy atom. The zero-order chi connectivity index (χ0) is 30.8. The van der Waals surface area contributed by atoms with Gasteiger partial charge >= 0.3 is 13.3 Å². The number of phenols is 1. The molecule has 2 fully saturated rings. The van der Waals surface area contributed by atoms with Gasteiger partial charge in [0, 0.05) is 48.8 Å². The Kier molecular flexibility index (Phi) is 10.4. The highest BCUT2D eigenvalue weighted by atomic mass is 35.5. The van der Waals surface area contributed by atoms with Crippen molar-refractivity contribution in [3.63, 3.8) is 0 Å². The van der Waals surface area contributed by atoms with Crippen molar-refractivity contribution >= 4 is 37.0 Å². The summed E-state index contributed by atoms with van der Waals surface area (Å²) in [4.78, 5) is 32.2. The molecule has 0 saturated carbocycles. The van der Waals surface area contributed by atoms with Gasteiger partial charge in [-0.2, -0.15) is 0 Å². The van der Waals surface area contributed by atoms with E-state index < -0.39 is 55.8 Å². The van der Waals surface area contributed by atoms with Gasteiger partial charge in [0.2, 0.25) is 0 Å². The normalized spacial score (nSPS) is 27.4. The lowest BCUT2D eigenvalue weighted by Gasteiger charge is -2.21. The minimum absolute atomic E-state index is 0.0600. The lowest BCUT2D eigenvalue weighted by atomic mass is 10.1. The van der Waals surface area contributed by atoms with Gasteiger partial charge in [0.1, 0.15) is 12.3 Å². The van der Waals surface area contributed by atoms with Crippen LogP contribution < -0.4 is 16.0 Å². The van der Waals surface area contributed by atoms with Crippen molar-refractivity contribution in [1.82, 2.24) is 9.55 Å². The van der Waals surface area contributed by atoms with Crippen LogP contribution in [0.2, 0.25) is 10.0 Å². The molecule has 0 amide bonds. The van der Waals surface area contributed by atoms with Gasteiger partial charge in [0.15, 0.2) is 30.2 Å². The zero-order valence-electron chi connectivity index (χ0n) is 22.6. The first-order chi connectivity index (χ1) is 19.8. The smallest absolute Gasteiger partial charge is 0.330 e. The van der Waals surface area contributed by atoms with Gasteiger partial charge in [-0.3, -0.25) is 18.9 Å². The molecule has 4 N–H and O–H groups in total. The molecular formula is C24H30Cl2N3O12P. The van der Waals surface area contributed by atoms with Crippen LogP contribution in [0.1, 0.15) is 30.2 Å². The molecule has 3 heterocycles. The van der Waals surface area contributed by atoms with Gasteiger partial charge in [-0.1, -0.05) is 28.4 Å². The predicted octanol–water partition coefficient (Wildman–Crippen LogP) is 2.10. The van der Waals surface area contributed by atoms with Gasteiger partial charge in [0.25, 0.3) is 5.56 Å². The Bertz CT molecular complexity index is 1480. The number of aliphatic hydroxyl groups is 2. The lowest BCUT2D eigenvalue weighted by Crippen LogP contribution is -2.33. The molecule has 232 valence electrons. The Balaban J connectivity index is 1.49. The van der Waals surface area contributed by atoms with E-state index in [-0.39, 0.29) is 58.7 Å². The van der Waals surface area contributed by atoms with Crippen molar-refractivity contribution in [3.05, 3.63) is 54.3 Å². The molecule has 1 aromatic heterocycles. The standard InChI is InChI=1S/C24H30Cl2N3O12P/c1-11-8-29(24(34)28-22(11)32)18-6-15(41-27-7-13-14(25)5-16(36-2)21(31)20(13)26)17(39-18)10-38-42(3,35)37-9-12-4-19(30)40-23(12)33/h5,7-8,12,15,17-19,23,30-31,33H,4,6,9-10H2,1-3H3,(H,28,32,34)/t12-,15+,17+,18+,19+,23-,42?/m0/s1. The van der Waals surface area contributed by atoms with Crippen LogP contribution in [0.25, 0.3) is 0 Å². The number of aromatic amines is 1. The number of rotatable bonds is 11. The van der Waals surface area contributed by atoms with E-state index in [1.54, 1.807) is 0 Å². The second-order valence-corrected chi connectivity index (χ2v) is 12.5. The third-order valence-corrected chi connectivity index (χ3v) is 8.56. The maximum atomic E-state index is 13.0. The number of halogens is 2. The molecule has 0 bridgehead atoms. The van der Waals surface area contributed by atoms with Crippen LogP contribution in [-0.2, 0) is 27.9 Å². The van der Waals surface area contributed by atoms with Crippen LogP contribution in [0.4, 0.5) is 0 Å². The van der Waals surface area contributed by atoms with E-state index in [0.717, 1.165) is 0 Å². The Hall–Kier alpha value is -2.46. The summed E-state index contributed by atoms with van der Waals surface area (Å²) in [6.07, 6.45) is -2.48. The van der Waals surface area contributed by atoms with Crippen LogP contribution in [0.3, 0.4) is 0 Å². The van der Waals surface area contributed by atoms with Crippen molar-refractivity contribution < 1.29 is 48.0 Å². The van der Waals surface area contributed by atoms with Gasteiger partial charge < -0.3 is 43.4 Å². The number of aromatic nitrogens is 2. The fraction of sp³-hybridized carbons (Fsp3) is 0.542. The average Bonchev–Trinajstić information content (AvgIpc) is 3.49. The van der Waals surface area contributed by atoms with E-state index in [0.29, 0.717) is 0 Å². The van der Waals surface area contributed by atoms with Crippen LogP contribution in [0.5, 0.6) is 11.5 Å². The maximum absolute atomic E-state index is 13.0. The van der Waals surface area contributed by atoms with Crippen LogP contribution in [-0.4, -0.2) is 82.9 Å². The highest BCUT2D eigenvalue weighted by Gasteiger charge is 2.41. The van der Waals surface area contributed by atoms with Crippen molar-refractivity contribution in [2.24, 2.45) is 11.1 Å². The number of methoxy groups -OCH3 is 1. The Labute approximate surface area is 249 Å². The topological polar surface area (TPSA) is 200 Å². The molecule has 0 radical (unpaired) electrons. The first-order valence-electron chi connectivity index (χ1n) is 12.6. The van der Waals surface area contributed by atoms with Gasteiger partial charge in [-0.25, -0.2) is 4.79 Å². The number of aryl methyl sites for hydroxylation is 1. The molecule has 7 atom stereocenters. The van der Waals surface area contributed by atoms with E-state index in [1.807, 2.05) is 0 Å². The third-order valence-electron chi connectivity index (χ3n) is 6.63. The number of benzene rings is 1. The second-order valence-electron chi connectivity index (χ2n) is 9.70. The molecular weight excluding hydrogens is 624 g/mol. The molecule has 0 spiro atoms. The number of aromatic hydroxyl groups is 1. The number of H-pyrrole nitrogens is 1. The van der Waals surface area contributed by atoms with Gasteiger partial charge in [-0.15, -0.1) is 0 Å². The highest BCUT2D eigenvalue weighted by molar-refractivity contribution is 7.52. The quantitative estimate of drug-likeness (QED) is 0.157. The van der Waals surface area contributed by atoms with Crippen molar-refractivity contribution in [1.29, 1.82) is 0 Å². The summed E-state index contributed by atoms with van der Waals surface area (Å²) in [6.45, 7) is 2.23. The molecule has 18 heteroatoms. The van der Waals surface area contributed by atoms with Crippen LogP contribution >= 0.6 is 30.8 Å². The molecule has 1 unspecified atom stereocenters. The van der Waals surface area contributed by atoms with Crippen molar-refractivity contribution in [2.45, 2.75) is 50.8 Å². The Morgan fingerprint density at radius 2 is 1.93 bits per heavy atom. The summed E-state index contributed by atoms with van der Waals surface area (Å²) in [5.74, 6) is -0.898. The number of nitrogens with zero attached hydrogens (tertiary/aromatic N) is 2. The summed E-state index contributed by atoms with van der Waals surface area (Å²) in [7, 11) is -2.36. The van der Waals surface area contributed by atoms with Crippen molar-refractivity contribution in [3.8, 4) is 11.5 Å². The minimum atomic E-state index is -3.70. The zero-order valence-corrected chi connectivity index (χ0v) is 25.0. The van der Waals surface area contributed by atoms with Crippen LogP contribution in [0.15, 0.2) is 27.0 Å². The lowest BCUT2D eigenvalue weighted by molar-refractivity contribution is -0.169. The molecule has 0 aliphatic carbocycles. The number of phenolic OH excluding ortho intramolecular Hbond substituents is 1. The molecule has 4 rings (SSSR count). The van der Waals surface area contributed by atoms with Gasteiger partial charge in [-0.05, 0) is 6.92 Å². The first-order valence-corrected chi connectivity index (χ1v) is 15.3. The number of hydrogen-bond acceptors (Lipinski definition) is 13. The first kappa shape index (κ1) is 32.5. The monoisotopic (exact) mass is 653 g/mol. The largest absolute Gasteiger partial charge is 0.503 e. The molecule has 2 saturated heterocycles. The van der Waals surface area contributed by atoms with E-state index in [1.165, 1.54) is 43.7 Å². The molecule has 15 nitrogen and oxygen atoms in total. The maximum Gasteiger partial charge on any atom is 0.330 e. The number of nitrogens with one attached hydrogen (secondary N) is 1. The predicted molar refractivity (Wildman–Crippen MR) is 148 cm³/mol. The van der Waals surface area contributed by atoms with Crippen molar-refractivity contribution in [2.75, 3.05) is 27.0 Å². The highest BCUT2D eigenvalue weighted by Crippen LogP contribution is 2.46. The molecule has 2 aromatic rings. The molecule has 1 aromatic carbocycles. The van der Waals surface area contributed by atoms with Crippen LogP contribution in [0, 0.1) is 12.8 Å². The minimum Gasteiger partial charge on any atom is -0.503 e. The number of oxime groups is 1. The summed E-state index contributed by atoms with van der Waals surface area (Å²) < 4.78 is 40.9. The van der Waals surface area contributed by atoms with E-state index in [4.69, 9.17) is 51.3 Å². The summed E-state index contributed by atoms with van der Waals surface area (Å²) in [5.41, 5.74) is -0.846. The third kappa shape index (κ3) is 7.54. The second kappa shape index (κ2) is 13.5. The number of hydrogen-bond donors (Lipinski definition) is 4. The number of ether oxygens (including phenoxy) is 3. The molecule has 2 aliphatic rings. The SMILES string of the molecule is COc1cc(Cl)c(C=NO[C@@H]2C[C@H](n3cc(C)c(=O)[nH]c3=O)O[C@@H]2COP(C)(=O)OC[C@@H]2C[C@H](O)O[C@@H]2O)c(Cl)c1O. The Morgan fingerprint density at radius 3 is 2.60 bits per heavy atom. The summed E-state index contributed by atoms with van der Waals surface area (Å²) >= 11 is 12.4. The van der Waals surface area contributed by atoms with Gasteiger partial charge in [0.05, 0.1) is 36.6 Å². The van der Waals surface area contributed by atoms with E-state index >= 15 is 0 Å². The average molecular weight is 654 g/mol. The molecule has 2 aliphatic heterocycles. The summed E-state index contributed by atoms with van der Waals surface area (Å²) in [5, 5.41) is 33.4. The fourth-order valence-electron chi connectivity index (χ4n) is 4.30. The fourth-order valence-corrected chi connectivity index (χ4v) is 5.79.